The van der Waals surface area contributed by atoms with E-state index in [0.717, 1.165) is 11.2 Å². The zero-order chi connectivity index (χ0) is 47.4. The molecule has 0 spiro atoms. The number of Topliss-reactive ketones (excluding diaryl/α,β-unsaturated/α-hetero) is 1. The van der Waals surface area contributed by atoms with Crippen LogP contribution in [0.25, 0.3) is 17.1 Å². The molecule has 1 unspecified atom stereocenters. The molecule has 1 atom stereocenters. The van der Waals surface area contributed by atoms with Gasteiger partial charge in [0.05, 0.1) is 22.5 Å². The van der Waals surface area contributed by atoms with E-state index in [2.05, 4.69) is 46.6 Å². The predicted octanol–water partition coefficient (Wildman–Crippen LogP) is 2.89. The highest BCUT2D eigenvalue weighted by Gasteiger charge is 2.45. The number of hydrogen-bond donors (Lipinski definition) is 5. The average Bonchev–Trinajstić information content (AvgIpc) is 4.12. The number of ketones is 1. The maximum absolute atomic E-state index is 13.3. The third kappa shape index (κ3) is 10.2. The molecule has 67 heavy (non-hydrogen) atoms. The molecule has 344 valence electrons. The molecule has 2 aromatic carbocycles. The lowest BCUT2D eigenvalue weighted by Crippen LogP contribution is -2.54. The number of rotatable bonds is 18. The fourth-order valence-electron chi connectivity index (χ4n) is 7.39. The van der Waals surface area contributed by atoms with Crippen molar-refractivity contribution in [3.05, 3.63) is 119 Å². The Bertz CT molecular complexity index is 2930. The van der Waals surface area contributed by atoms with E-state index in [-0.39, 0.29) is 77.1 Å². The zero-order valence-corrected chi connectivity index (χ0v) is 35.0. The Morgan fingerprint density at radius 1 is 0.970 bits per heavy atom. The average molecular weight is 922 g/mol. The van der Waals surface area contributed by atoms with Crippen molar-refractivity contribution >= 4 is 52.7 Å². The van der Waals surface area contributed by atoms with Crippen molar-refractivity contribution in [2.75, 3.05) is 30.3 Å². The standard InChI is InChI=1S/C43H38F3N13O8/c44-43(45,46)22-51-33-18-24(11-14-49-33)40-52-30(21-67-40)32(60)17-25-19-58(55-36(25)37(47)62)27-7-5-23(6-8-27)38(63)50-15-12-26-20-57(56-54-26)16-2-13-48-29-4-1-3-28-35(29)42(66)59(41(28)65)31-9-10-34(61)53-39(31)64/h1,3-8,11,14,18-21,31,48H,2,9-10,12-13,15-17,22H2,(H2,47,62)(H,49,51)(H,50,63)(H,53,61,64). The Morgan fingerprint density at radius 3 is 2.54 bits per heavy atom. The minimum atomic E-state index is -4.46. The Labute approximate surface area is 376 Å². The van der Waals surface area contributed by atoms with Gasteiger partial charge < -0.3 is 26.1 Å². The highest BCUT2D eigenvalue weighted by Crippen LogP contribution is 2.32. The summed E-state index contributed by atoms with van der Waals surface area (Å²) in [6, 6.07) is 12.8. The number of amides is 6. The van der Waals surface area contributed by atoms with Gasteiger partial charge in [-0.1, -0.05) is 11.3 Å². The second-order valence-corrected chi connectivity index (χ2v) is 15.3. The van der Waals surface area contributed by atoms with Gasteiger partial charge in [0.1, 0.15) is 30.4 Å². The van der Waals surface area contributed by atoms with Crippen LogP contribution in [0, 0.1) is 0 Å². The fourth-order valence-corrected chi connectivity index (χ4v) is 7.39. The molecule has 6 N–H and O–H groups in total. The number of hydrogen-bond acceptors (Lipinski definition) is 15. The number of benzene rings is 2. The van der Waals surface area contributed by atoms with Crippen LogP contribution in [0.3, 0.4) is 0 Å². The quantitative estimate of drug-likeness (QED) is 0.0471. The van der Waals surface area contributed by atoms with E-state index in [4.69, 9.17) is 10.2 Å². The molecular weight excluding hydrogens is 884 g/mol. The first-order valence-electron chi connectivity index (χ1n) is 20.6. The summed E-state index contributed by atoms with van der Waals surface area (Å²) < 4.78 is 46.3. The molecule has 0 aliphatic carbocycles. The van der Waals surface area contributed by atoms with Gasteiger partial charge in [0.15, 0.2) is 11.5 Å². The largest absolute Gasteiger partial charge is 0.444 e. The van der Waals surface area contributed by atoms with Crippen LogP contribution >= 0.6 is 0 Å². The van der Waals surface area contributed by atoms with Crippen LogP contribution in [0.5, 0.6) is 0 Å². The highest BCUT2D eigenvalue weighted by atomic mass is 19.4. The molecule has 0 bridgehead atoms. The van der Waals surface area contributed by atoms with E-state index in [1.807, 2.05) is 0 Å². The van der Waals surface area contributed by atoms with E-state index in [9.17, 15) is 46.7 Å². The van der Waals surface area contributed by atoms with Crippen molar-refractivity contribution in [2.45, 2.75) is 50.9 Å². The van der Waals surface area contributed by atoms with Crippen molar-refractivity contribution in [3.63, 3.8) is 0 Å². The number of aromatic nitrogens is 7. The first-order valence-corrected chi connectivity index (χ1v) is 20.6. The van der Waals surface area contributed by atoms with E-state index < -0.39 is 54.1 Å². The fraction of sp³-hybridized carbons (Fsp3) is 0.256. The summed E-state index contributed by atoms with van der Waals surface area (Å²) in [5.74, 6) is -4.25. The van der Waals surface area contributed by atoms with Crippen molar-refractivity contribution in [3.8, 4) is 17.1 Å². The van der Waals surface area contributed by atoms with Crippen molar-refractivity contribution < 1.29 is 51.2 Å². The maximum Gasteiger partial charge on any atom is 0.405 e. The number of aryl methyl sites for hydroxylation is 1. The predicted molar refractivity (Wildman–Crippen MR) is 227 cm³/mol. The van der Waals surface area contributed by atoms with Gasteiger partial charge in [-0.3, -0.25) is 48.5 Å². The molecule has 6 aromatic rings. The van der Waals surface area contributed by atoms with Crippen LogP contribution in [0.2, 0.25) is 0 Å². The van der Waals surface area contributed by atoms with E-state index in [0.29, 0.717) is 48.6 Å². The molecule has 8 rings (SSSR count). The number of piperidine rings is 1. The SMILES string of the molecule is NC(=O)c1nn(-c2ccc(C(=O)NCCc3cn(CCCNc4cccc5c4C(=O)N(C4CCC(=O)NC4=O)C5=O)nn3)cc2)cc1CC(=O)c1coc(-c2ccnc(NCC(F)(F)F)c2)n1. The summed E-state index contributed by atoms with van der Waals surface area (Å²) in [6.07, 6.45) is 1.77. The van der Waals surface area contributed by atoms with E-state index >= 15 is 0 Å². The molecule has 4 aromatic heterocycles. The minimum absolute atomic E-state index is 0.0250. The summed E-state index contributed by atoms with van der Waals surface area (Å²) >= 11 is 0. The lowest BCUT2D eigenvalue weighted by molar-refractivity contribution is -0.136. The number of fused-ring (bicyclic) bond motifs is 1. The van der Waals surface area contributed by atoms with E-state index in [1.165, 1.54) is 35.3 Å². The van der Waals surface area contributed by atoms with Crippen LogP contribution in [0.4, 0.5) is 24.7 Å². The molecule has 24 heteroatoms. The lowest BCUT2D eigenvalue weighted by atomic mass is 10.0. The smallest absolute Gasteiger partial charge is 0.405 e. The summed E-state index contributed by atoms with van der Waals surface area (Å²) in [5.41, 5.74) is 7.96. The number of carbonyl (C=O) groups is 7. The highest BCUT2D eigenvalue weighted by molar-refractivity contribution is 6.25. The van der Waals surface area contributed by atoms with Gasteiger partial charge in [0.2, 0.25) is 17.7 Å². The number of pyridine rings is 1. The molecule has 0 radical (unpaired) electrons. The Balaban J connectivity index is 0.797. The number of anilines is 2. The summed E-state index contributed by atoms with van der Waals surface area (Å²) in [4.78, 5) is 97.9. The number of nitrogens with one attached hydrogen (secondary N) is 4. The van der Waals surface area contributed by atoms with Crippen molar-refractivity contribution in [1.29, 1.82) is 0 Å². The molecular formula is C43H38F3N13O8. The summed E-state index contributed by atoms with van der Waals surface area (Å²) in [7, 11) is 0. The number of nitrogens with zero attached hydrogens (tertiary/aromatic N) is 8. The number of primary amides is 1. The molecule has 2 aliphatic heterocycles. The second kappa shape index (κ2) is 18.9. The molecule has 1 fully saturated rings. The molecule has 2 aliphatic rings. The van der Waals surface area contributed by atoms with Crippen LogP contribution in [-0.4, -0.2) is 113 Å². The Hall–Kier alpha value is -8.57. The van der Waals surface area contributed by atoms with E-state index in [1.54, 1.807) is 47.3 Å². The number of carbonyl (C=O) groups excluding carboxylic acids is 7. The summed E-state index contributed by atoms with van der Waals surface area (Å²) in [5, 5.41) is 23.0. The Morgan fingerprint density at radius 2 is 1.78 bits per heavy atom. The minimum Gasteiger partial charge on any atom is -0.444 e. The van der Waals surface area contributed by atoms with Crippen molar-refractivity contribution in [1.82, 2.24) is 50.3 Å². The molecule has 6 amide bonds. The number of alkyl halides is 3. The number of oxazole rings is 1. The first kappa shape index (κ1) is 45.0. The van der Waals surface area contributed by atoms with Gasteiger partial charge >= 0.3 is 6.18 Å². The molecule has 6 heterocycles. The van der Waals surface area contributed by atoms with Gasteiger partial charge in [-0.15, -0.1) is 5.10 Å². The van der Waals surface area contributed by atoms with Crippen LogP contribution in [0.1, 0.15) is 82.6 Å². The van der Waals surface area contributed by atoms with Gasteiger partial charge in [0, 0.05) is 79.9 Å². The monoisotopic (exact) mass is 921 g/mol. The van der Waals surface area contributed by atoms with Gasteiger partial charge in [-0.2, -0.15) is 18.3 Å². The first-order chi connectivity index (χ1) is 32.1. The third-order valence-electron chi connectivity index (χ3n) is 10.6. The number of nitrogens with two attached hydrogens (primary N) is 1. The molecule has 1 saturated heterocycles. The molecule has 0 saturated carbocycles. The van der Waals surface area contributed by atoms with Crippen molar-refractivity contribution in [2.24, 2.45) is 5.73 Å². The van der Waals surface area contributed by atoms with Gasteiger partial charge in [0.25, 0.3) is 23.6 Å². The van der Waals surface area contributed by atoms with Crippen LogP contribution < -0.4 is 27.0 Å². The topological polar surface area (TPSA) is 284 Å². The van der Waals surface area contributed by atoms with Gasteiger partial charge in [-0.25, -0.2) is 14.6 Å². The zero-order valence-electron chi connectivity index (χ0n) is 35.0. The van der Waals surface area contributed by atoms with Crippen LogP contribution in [-0.2, 0) is 29.0 Å². The van der Waals surface area contributed by atoms with Gasteiger partial charge in [-0.05, 0) is 61.4 Å². The third-order valence-corrected chi connectivity index (χ3v) is 10.6. The maximum atomic E-state index is 13.3. The Kier molecular flexibility index (Phi) is 12.7. The van der Waals surface area contributed by atoms with Crippen LogP contribution in [0.15, 0.2) is 83.9 Å². The summed E-state index contributed by atoms with van der Waals surface area (Å²) in [6.45, 7) is -0.175. The lowest BCUT2D eigenvalue weighted by Gasteiger charge is -2.27. The second-order valence-electron chi connectivity index (χ2n) is 15.3. The number of imide groups is 2. The molecule has 21 nitrogen and oxygen atoms in total. The normalized spacial score (nSPS) is 14.8. The number of halogens is 3.